The third-order valence-electron chi connectivity index (χ3n) is 4.30. The van der Waals surface area contributed by atoms with Crippen LogP contribution in [-0.4, -0.2) is 39.0 Å². The number of carbonyl (C=O) groups is 3. The molecule has 1 atom stereocenters. The first-order chi connectivity index (χ1) is 14.3. The SMILES string of the molecule is C/C(=N/N=C(N)S[C@@H]1CC(=O)N(c2ccc(C(=O)O)cc2)C1=O)c1ccc(F)cc1. The maximum Gasteiger partial charge on any atom is 0.335 e. The smallest absolute Gasteiger partial charge is 0.335 e. The number of amidine groups is 1. The minimum atomic E-state index is -1.10. The summed E-state index contributed by atoms with van der Waals surface area (Å²) in [5.41, 5.74) is 7.36. The summed E-state index contributed by atoms with van der Waals surface area (Å²) in [6, 6.07) is 11.2. The molecule has 0 radical (unpaired) electrons. The molecule has 0 spiro atoms. The Morgan fingerprint density at radius 2 is 1.70 bits per heavy atom. The van der Waals surface area contributed by atoms with Crippen LogP contribution in [0, 0.1) is 5.82 Å². The minimum Gasteiger partial charge on any atom is -0.478 e. The topological polar surface area (TPSA) is 125 Å². The molecule has 0 aliphatic carbocycles. The van der Waals surface area contributed by atoms with Gasteiger partial charge in [-0.25, -0.2) is 14.1 Å². The molecule has 3 rings (SSSR count). The number of nitrogens with two attached hydrogens (primary N) is 1. The highest BCUT2D eigenvalue weighted by Crippen LogP contribution is 2.30. The van der Waals surface area contributed by atoms with Crippen molar-refractivity contribution in [2.75, 3.05) is 4.90 Å². The van der Waals surface area contributed by atoms with E-state index in [4.69, 9.17) is 10.8 Å². The zero-order valence-electron chi connectivity index (χ0n) is 15.8. The Kier molecular flexibility index (Phi) is 6.26. The predicted octanol–water partition coefficient (Wildman–Crippen LogP) is 2.63. The maximum absolute atomic E-state index is 13.0. The predicted molar refractivity (Wildman–Crippen MR) is 112 cm³/mol. The van der Waals surface area contributed by atoms with Crippen molar-refractivity contribution in [3.8, 4) is 0 Å². The van der Waals surface area contributed by atoms with E-state index in [-0.39, 0.29) is 23.0 Å². The Balaban J connectivity index is 1.69. The molecule has 0 aromatic heterocycles. The monoisotopic (exact) mass is 428 g/mol. The lowest BCUT2D eigenvalue weighted by molar-refractivity contribution is -0.121. The lowest BCUT2D eigenvalue weighted by Gasteiger charge is -2.14. The summed E-state index contributed by atoms with van der Waals surface area (Å²) < 4.78 is 13.0. The van der Waals surface area contributed by atoms with E-state index in [2.05, 4.69) is 10.2 Å². The number of anilines is 1. The number of nitrogens with zero attached hydrogens (tertiary/aromatic N) is 3. The van der Waals surface area contributed by atoms with Crippen molar-refractivity contribution in [1.82, 2.24) is 0 Å². The number of carbonyl (C=O) groups excluding carboxylic acids is 2. The molecule has 154 valence electrons. The summed E-state index contributed by atoms with van der Waals surface area (Å²) in [4.78, 5) is 36.9. The number of hydrogen-bond donors (Lipinski definition) is 2. The lowest BCUT2D eigenvalue weighted by Crippen LogP contribution is -2.31. The van der Waals surface area contributed by atoms with Crippen molar-refractivity contribution in [3.05, 3.63) is 65.5 Å². The molecule has 0 unspecified atom stereocenters. The summed E-state index contributed by atoms with van der Waals surface area (Å²) in [5, 5.41) is 16.1. The fourth-order valence-electron chi connectivity index (χ4n) is 2.76. The molecule has 1 aliphatic rings. The molecule has 2 aromatic rings. The van der Waals surface area contributed by atoms with Gasteiger partial charge in [-0.05, 0) is 48.9 Å². The number of carboxylic acid groups (broad SMARTS) is 1. The number of imide groups is 1. The van der Waals surface area contributed by atoms with Gasteiger partial charge in [0.25, 0.3) is 0 Å². The van der Waals surface area contributed by atoms with E-state index in [1.165, 1.54) is 36.4 Å². The molecule has 8 nitrogen and oxygen atoms in total. The molecule has 1 fully saturated rings. The first-order valence-corrected chi connectivity index (χ1v) is 9.64. The second-order valence-corrected chi connectivity index (χ2v) is 7.58. The number of hydrogen-bond acceptors (Lipinski definition) is 6. The Morgan fingerprint density at radius 1 is 1.10 bits per heavy atom. The van der Waals surface area contributed by atoms with Gasteiger partial charge in [0.2, 0.25) is 11.8 Å². The Bertz CT molecular complexity index is 1050. The first kappa shape index (κ1) is 21.2. The van der Waals surface area contributed by atoms with Crippen molar-refractivity contribution < 1.29 is 23.9 Å². The largest absolute Gasteiger partial charge is 0.478 e. The molecule has 2 aromatic carbocycles. The summed E-state index contributed by atoms with van der Waals surface area (Å²) in [6.45, 7) is 1.68. The van der Waals surface area contributed by atoms with Crippen LogP contribution in [0.15, 0.2) is 58.7 Å². The zero-order valence-corrected chi connectivity index (χ0v) is 16.6. The Morgan fingerprint density at radius 3 is 2.30 bits per heavy atom. The van der Waals surface area contributed by atoms with Gasteiger partial charge >= 0.3 is 5.97 Å². The van der Waals surface area contributed by atoms with Gasteiger partial charge in [-0.1, -0.05) is 23.9 Å². The van der Waals surface area contributed by atoms with E-state index in [9.17, 15) is 18.8 Å². The van der Waals surface area contributed by atoms with Crippen LogP contribution in [0.4, 0.5) is 10.1 Å². The highest BCUT2D eigenvalue weighted by Gasteiger charge is 2.40. The van der Waals surface area contributed by atoms with E-state index in [0.29, 0.717) is 17.0 Å². The Labute approximate surface area is 175 Å². The average Bonchev–Trinajstić information content (AvgIpc) is 2.99. The van der Waals surface area contributed by atoms with Crippen LogP contribution in [-0.2, 0) is 9.59 Å². The summed E-state index contributed by atoms with van der Waals surface area (Å²) >= 11 is 0.920. The van der Waals surface area contributed by atoms with Gasteiger partial charge in [0.05, 0.1) is 17.0 Å². The third kappa shape index (κ3) is 4.71. The van der Waals surface area contributed by atoms with Crippen LogP contribution < -0.4 is 10.6 Å². The Hall–Kier alpha value is -3.53. The zero-order chi connectivity index (χ0) is 21.8. The number of rotatable bonds is 5. The fraction of sp³-hybridized carbons (Fsp3) is 0.150. The second kappa shape index (κ2) is 8.87. The molecule has 1 saturated heterocycles. The second-order valence-electron chi connectivity index (χ2n) is 6.36. The van der Waals surface area contributed by atoms with Crippen molar-refractivity contribution in [2.45, 2.75) is 18.6 Å². The van der Waals surface area contributed by atoms with E-state index in [0.717, 1.165) is 16.7 Å². The molecule has 2 amide bonds. The fourth-order valence-corrected chi connectivity index (χ4v) is 3.57. The van der Waals surface area contributed by atoms with Crippen molar-refractivity contribution in [3.63, 3.8) is 0 Å². The molecule has 0 bridgehead atoms. The van der Waals surface area contributed by atoms with Crippen molar-refractivity contribution in [2.24, 2.45) is 15.9 Å². The number of halogens is 1. The third-order valence-corrected chi connectivity index (χ3v) is 5.28. The average molecular weight is 428 g/mol. The van der Waals surface area contributed by atoms with Gasteiger partial charge in [-0.3, -0.25) is 9.59 Å². The first-order valence-electron chi connectivity index (χ1n) is 8.76. The number of benzene rings is 2. The van der Waals surface area contributed by atoms with Crippen molar-refractivity contribution >= 4 is 46.1 Å². The normalized spacial score (nSPS) is 17.5. The molecular weight excluding hydrogens is 411 g/mol. The van der Waals surface area contributed by atoms with Crippen LogP contribution in [0.25, 0.3) is 0 Å². The molecule has 30 heavy (non-hydrogen) atoms. The highest BCUT2D eigenvalue weighted by molar-refractivity contribution is 8.14. The number of amides is 2. The van der Waals surface area contributed by atoms with E-state index >= 15 is 0 Å². The van der Waals surface area contributed by atoms with E-state index in [1.54, 1.807) is 19.1 Å². The van der Waals surface area contributed by atoms with Gasteiger partial charge in [0, 0.05) is 6.42 Å². The summed E-state index contributed by atoms with van der Waals surface area (Å²) in [6.07, 6.45) is -0.0684. The van der Waals surface area contributed by atoms with Crippen LogP contribution in [0.2, 0.25) is 0 Å². The summed E-state index contributed by atoms with van der Waals surface area (Å²) in [5.74, 6) is -2.35. The van der Waals surface area contributed by atoms with Gasteiger partial charge in [-0.15, -0.1) is 5.10 Å². The molecular formula is C20H17FN4O4S. The molecule has 1 heterocycles. The standard InChI is InChI=1S/C20H17FN4O4S/c1-11(12-2-6-14(21)7-3-12)23-24-20(22)30-16-10-17(26)25(18(16)27)15-8-4-13(5-9-15)19(28)29/h2-9,16H,10H2,1H3,(H2,22,24)(H,28,29)/b23-11-/t16-/m1/s1. The number of thioether (sulfide) groups is 1. The highest BCUT2D eigenvalue weighted by atomic mass is 32.2. The maximum atomic E-state index is 13.0. The molecule has 1 aliphatic heterocycles. The van der Waals surface area contributed by atoms with Crippen LogP contribution in [0.5, 0.6) is 0 Å². The summed E-state index contributed by atoms with van der Waals surface area (Å²) in [7, 11) is 0. The molecule has 10 heteroatoms. The molecule has 3 N–H and O–H groups in total. The van der Waals surface area contributed by atoms with Crippen LogP contribution in [0.3, 0.4) is 0 Å². The number of carboxylic acids is 1. The quantitative estimate of drug-likeness (QED) is 0.326. The lowest BCUT2D eigenvalue weighted by atomic mass is 10.1. The van der Waals surface area contributed by atoms with Gasteiger partial charge < -0.3 is 10.8 Å². The minimum absolute atomic E-state index is 0.00527. The van der Waals surface area contributed by atoms with E-state index < -0.39 is 23.0 Å². The van der Waals surface area contributed by atoms with Crippen LogP contribution in [0.1, 0.15) is 29.3 Å². The van der Waals surface area contributed by atoms with Gasteiger partial charge in [0.15, 0.2) is 5.17 Å². The number of aromatic carboxylic acids is 1. The van der Waals surface area contributed by atoms with Crippen LogP contribution >= 0.6 is 11.8 Å². The van der Waals surface area contributed by atoms with E-state index in [1.807, 2.05) is 0 Å². The van der Waals surface area contributed by atoms with Gasteiger partial charge in [0.1, 0.15) is 11.1 Å². The molecule has 0 saturated carbocycles. The van der Waals surface area contributed by atoms with Gasteiger partial charge in [-0.2, -0.15) is 5.10 Å². The van der Waals surface area contributed by atoms with Crippen molar-refractivity contribution in [1.29, 1.82) is 0 Å².